The fourth-order valence-electron chi connectivity index (χ4n) is 9.81. The van der Waals surface area contributed by atoms with E-state index in [1.165, 1.54) is 62.7 Å². The molecule has 5 rings (SSSR count). The van der Waals surface area contributed by atoms with E-state index in [1.807, 2.05) is 6.92 Å². The Morgan fingerprint density at radius 1 is 1.00 bits per heavy atom. The zero-order chi connectivity index (χ0) is 29.6. The Labute approximate surface area is 249 Å². The molecule has 1 aromatic rings. The molecule has 1 N–H and O–H groups in total. The summed E-state index contributed by atoms with van der Waals surface area (Å²) in [6.45, 7) is 14.2. The van der Waals surface area contributed by atoms with E-state index in [4.69, 9.17) is 4.74 Å². The van der Waals surface area contributed by atoms with Crippen LogP contribution in [0, 0.1) is 53.3 Å². The lowest BCUT2D eigenvalue weighted by Crippen LogP contribution is -2.51. The molecule has 0 aliphatic heterocycles. The summed E-state index contributed by atoms with van der Waals surface area (Å²) in [6.07, 6.45) is 14.5. The summed E-state index contributed by atoms with van der Waals surface area (Å²) in [5.41, 5.74) is 3.03. The van der Waals surface area contributed by atoms with Crippen LogP contribution >= 0.6 is 0 Å². The maximum Gasteiger partial charge on any atom is 0.421 e. The van der Waals surface area contributed by atoms with E-state index in [2.05, 4.69) is 45.4 Å². The number of sulfonamides is 1. The second-order valence-electron chi connectivity index (χ2n) is 15.0. The minimum Gasteiger partial charge on any atom is -0.445 e. The molecule has 4 aliphatic rings. The van der Waals surface area contributed by atoms with Crippen molar-refractivity contribution in [3.63, 3.8) is 0 Å². The second-order valence-corrected chi connectivity index (χ2v) is 16.7. The van der Waals surface area contributed by atoms with E-state index in [9.17, 15) is 13.2 Å². The van der Waals surface area contributed by atoms with Crippen LogP contribution in [0.25, 0.3) is 0 Å². The number of amides is 1. The molecule has 6 heteroatoms. The SMILES string of the molecule is Cc1ccc(S(=O)(=O)NC(=O)O[C@@H]2CC[C@@]3(C)C(=CC[C@H]4[C@@H]5CC[C@H]([C@H](C)CCCC(C)C)[C@@]5(C)CC[C@@H]43)C2)cc1. The summed E-state index contributed by atoms with van der Waals surface area (Å²) in [5.74, 6) is 4.76. The zero-order valence-electron chi connectivity index (χ0n) is 26.2. The van der Waals surface area contributed by atoms with Crippen molar-refractivity contribution in [3.8, 4) is 0 Å². The Kier molecular flexibility index (Phi) is 8.74. The van der Waals surface area contributed by atoms with Gasteiger partial charge in [0.05, 0.1) is 4.90 Å². The molecule has 228 valence electrons. The van der Waals surface area contributed by atoms with Crippen molar-refractivity contribution in [2.75, 3.05) is 0 Å². The average molecular weight is 584 g/mol. The number of hydrogen-bond acceptors (Lipinski definition) is 4. The van der Waals surface area contributed by atoms with Crippen molar-refractivity contribution in [1.29, 1.82) is 0 Å². The maximum absolute atomic E-state index is 12.7. The van der Waals surface area contributed by atoms with Gasteiger partial charge in [-0.25, -0.2) is 17.9 Å². The number of ether oxygens (including phenoxy) is 1. The highest BCUT2D eigenvalue weighted by Gasteiger charge is 2.59. The quantitative estimate of drug-likeness (QED) is 0.310. The summed E-state index contributed by atoms with van der Waals surface area (Å²) >= 11 is 0. The van der Waals surface area contributed by atoms with E-state index in [0.29, 0.717) is 11.3 Å². The Morgan fingerprint density at radius 3 is 2.44 bits per heavy atom. The molecule has 5 nitrogen and oxygen atoms in total. The van der Waals surface area contributed by atoms with Gasteiger partial charge in [0.2, 0.25) is 0 Å². The minimum absolute atomic E-state index is 0.0701. The van der Waals surface area contributed by atoms with Crippen molar-refractivity contribution in [2.24, 2.45) is 46.3 Å². The Balaban J connectivity index is 1.21. The third-order valence-electron chi connectivity index (χ3n) is 12.1. The number of rotatable bonds is 8. The number of allylic oxidation sites excluding steroid dienone is 1. The Morgan fingerprint density at radius 2 is 1.73 bits per heavy atom. The van der Waals surface area contributed by atoms with Crippen molar-refractivity contribution < 1.29 is 17.9 Å². The predicted molar refractivity (Wildman–Crippen MR) is 165 cm³/mol. The molecule has 0 unspecified atom stereocenters. The third-order valence-corrected chi connectivity index (χ3v) is 13.4. The average Bonchev–Trinajstić information content (AvgIpc) is 3.26. The molecule has 1 amide bonds. The van der Waals surface area contributed by atoms with Gasteiger partial charge in [-0.15, -0.1) is 0 Å². The number of carbonyl (C=O) groups excluding carboxylic acids is 1. The first-order valence-electron chi connectivity index (χ1n) is 16.3. The van der Waals surface area contributed by atoms with Crippen molar-refractivity contribution in [2.45, 2.75) is 123 Å². The van der Waals surface area contributed by atoms with Gasteiger partial charge < -0.3 is 4.74 Å². The summed E-state index contributed by atoms with van der Waals surface area (Å²) < 4.78 is 33.2. The molecular weight excluding hydrogens is 530 g/mol. The molecular formula is C35H53NO4S. The van der Waals surface area contributed by atoms with E-state index < -0.39 is 16.1 Å². The molecule has 41 heavy (non-hydrogen) atoms. The lowest BCUT2D eigenvalue weighted by atomic mass is 9.47. The Hall–Kier alpha value is -1.82. The molecule has 3 fully saturated rings. The first-order valence-corrected chi connectivity index (χ1v) is 17.8. The molecule has 0 saturated heterocycles. The van der Waals surface area contributed by atoms with E-state index in [0.717, 1.165) is 60.8 Å². The van der Waals surface area contributed by atoms with Crippen LogP contribution < -0.4 is 4.72 Å². The van der Waals surface area contributed by atoms with Gasteiger partial charge in [0, 0.05) is 6.42 Å². The van der Waals surface area contributed by atoms with Crippen LogP contribution in [-0.2, 0) is 14.8 Å². The van der Waals surface area contributed by atoms with Crippen molar-refractivity contribution in [3.05, 3.63) is 41.5 Å². The van der Waals surface area contributed by atoms with Crippen LogP contribution in [0.1, 0.15) is 111 Å². The van der Waals surface area contributed by atoms with Crippen LogP contribution in [0.5, 0.6) is 0 Å². The number of carbonyl (C=O) groups is 1. The van der Waals surface area contributed by atoms with Gasteiger partial charge in [0.25, 0.3) is 10.0 Å². The largest absolute Gasteiger partial charge is 0.445 e. The van der Waals surface area contributed by atoms with Gasteiger partial charge in [-0.1, -0.05) is 83.2 Å². The number of fused-ring (bicyclic) bond motifs is 5. The van der Waals surface area contributed by atoms with Crippen LogP contribution in [-0.4, -0.2) is 20.6 Å². The lowest BCUT2D eigenvalue weighted by molar-refractivity contribution is -0.0579. The molecule has 8 atom stereocenters. The smallest absolute Gasteiger partial charge is 0.421 e. The molecule has 0 radical (unpaired) electrons. The molecule has 0 spiro atoms. The van der Waals surface area contributed by atoms with Crippen molar-refractivity contribution in [1.82, 2.24) is 4.72 Å². The fraction of sp³-hybridized carbons (Fsp3) is 0.743. The maximum atomic E-state index is 12.7. The minimum atomic E-state index is -3.95. The first kappa shape index (κ1) is 30.6. The molecule has 4 aliphatic carbocycles. The van der Waals surface area contributed by atoms with Crippen molar-refractivity contribution >= 4 is 16.1 Å². The number of nitrogens with one attached hydrogen (secondary N) is 1. The first-order chi connectivity index (χ1) is 19.3. The highest BCUT2D eigenvalue weighted by molar-refractivity contribution is 7.90. The van der Waals surface area contributed by atoms with Gasteiger partial charge in [0.15, 0.2) is 0 Å². The van der Waals surface area contributed by atoms with Crippen LogP contribution in [0.2, 0.25) is 0 Å². The van der Waals surface area contributed by atoms with Gasteiger partial charge in [0.1, 0.15) is 6.10 Å². The zero-order valence-corrected chi connectivity index (χ0v) is 27.1. The summed E-state index contributed by atoms with van der Waals surface area (Å²) in [6, 6.07) is 6.46. The normalized spacial score (nSPS) is 35.6. The third kappa shape index (κ3) is 6.01. The monoisotopic (exact) mass is 583 g/mol. The summed E-state index contributed by atoms with van der Waals surface area (Å²) in [4.78, 5) is 12.7. The summed E-state index contributed by atoms with van der Waals surface area (Å²) in [7, 11) is -3.95. The molecule has 0 heterocycles. The fourth-order valence-corrected chi connectivity index (χ4v) is 10.7. The van der Waals surface area contributed by atoms with Gasteiger partial charge in [-0.05, 0) is 110 Å². The topological polar surface area (TPSA) is 72.5 Å². The van der Waals surface area contributed by atoms with Crippen LogP contribution in [0.3, 0.4) is 0 Å². The lowest BCUT2D eigenvalue weighted by Gasteiger charge is -2.58. The molecule has 3 saturated carbocycles. The Bertz CT molecular complexity index is 1240. The second kappa shape index (κ2) is 11.7. The van der Waals surface area contributed by atoms with E-state index in [-0.39, 0.29) is 16.4 Å². The number of hydrogen-bond donors (Lipinski definition) is 1. The molecule has 0 aromatic heterocycles. The van der Waals surface area contributed by atoms with Crippen LogP contribution in [0.4, 0.5) is 4.79 Å². The highest BCUT2D eigenvalue weighted by atomic mass is 32.2. The molecule has 1 aromatic carbocycles. The summed E-state index contributed by atoms with van der Waals surface area (Å²) in [5, 5.41) is 0. The highest BCUT2D eigenvalue weighted by Crippen LogP contribution is 2.67. The van der Waals surface area contributed by atoms with Gasteiger partial charge in [-0.2, -0.15) is 0 Å². The van der Waals surface area contributed by atoms with Gasteiger partial charge >= 0.3 is 6.09 Å². The molecule has 0 bridgehead atoms. The standard InChI is InChI=1S/C35H53NO4S/c1-23(2)8-7-9-25(4)30-16-17-31-29-15-12-26-22-27(18-20-34(26,5)32(29)19-21-35(30,31)6)40-33(37)36-41(38,39)28-13-10-24(3)11-14-28/h10-14,23,25,27,29-32H,7-9,15-22H2,1-6H3,(H,36,37)/t25-,27-,29+,30-,31+,32+,34+,35-/m1/s1. The van der Waals surface area contributed by atoms with Gasteiger partial charge in [-0.3, -0.25) is 0 Å². The van der Waals surface area contributed by atoms with Crippen LogP contribution in [0.15, 0.2) is 40.8 Å². The predicted octanol–water partition coefficient (Wildman–Crippen LogP) is 8.82. The van der Waals surface area contributed by atoms with E-state index in [1.54, 1.807) is 12.1 Å². The number of aryl methyl sites for hydroxylation is 1. The van der Waals surface area contributed by atoms with E-state index >= 15 is 0 Å². The number of benzene rings is 1.